The van der Waals surface area contributed by atoms with Crippen molar-refractivity contribution < 1.29 is 0 Å². The van der Waals surface area contributed by atoms with Crippen molar-refractivity contribution in [1.29, 1.82) is 5.26 Å². The molecule has 2 aromatic rings. The number of hydrogen-bond acceptors (Lipinski definition) is 2. The first-order valence-electron chi connectivity index (χ1n) is 6.75. The molecule has 0 atom stereocenters. The lowest BCUT2D eigenvalue weighted by atomic mass is 9.90. The van der Waals surface area contributed by atoms with Crippen molar-refractivity contribution in [3.63, 3.8) is 0 Å². The zero-order chi connectivity index (χ0) is 13.7. The SMILES string of the molecule is CC(C)(C#N)CCCNc1cccc2ccccc12. The second kappa shape index (κ2) is 5.75. The fraction of sp³-hybridized carbons (Fsp3) is 0.353. The highest BCUT2D eigenvalue weighted by atomic mass is 14.9. The van der Waals surface area contributed by atoms with Gasteiger partial charge >= 0.3 is 0 Å². The minimum Gasteiger partial charge on any atom is -0.385 e. The molecule has 0 saturated heterocycles. The Morgan fingerprint density at radius 2 is 1.84 bits per heavy atom. The van der Waals surface area contributed by atoms with Crippen LogP contribution in [0.1, 0.15) is 26.7 Å². The molecule has 0 aromatic heterocycles. The van der Waals surface area contributed by atoms with Crippen molar-refractivity contribution in [2.45, 2.75) is 26.7 Å². The minimum atomic E-state index is -0.222. The highest BCUT2D eigenvalue weighted by Gasteiger charge is 2.15. The molecule has 0 aliphatic heterocycles. The quantitative estimate of drug-likeness (QED) is 0.790. The monoisotopic (exact) mass is 252 g/mol. The molecule has 0 saturated carbocycles. The fourth-order valence-electron chi connectivity index (χ4n) is 2.19. The van der Waals surface area contributed by atoms with Gasteiger partial charge in [-0.25, -0.2) is 0 Å². The van der Waals surface area contributed by atoms with Crippen LogP contribution in [0, 0.1) is 16.7 Å². The Morgan fingerprint density at radius 1 is 1.11 bits per heavy atom. The summed E-state index contributed by atoms with van der Waals surface area (Å²) in [6, 6.07) is 17.0. The Kier molecular flexibility index (Phi) is 4.06. The minimum absolute atomic E-state index is 0.222. The van der Waals surface area contributed by atoms with Gasteiger partial charge in [-0.3, -0.25) is 0 Å². The summed E-state index contributed by atoms with van der Waals surface area (Å²) in [6.45, 7) is 4.88. The van der Waals surface area contributed by atoms with Gasteiger partial charge in [-0.1, -0.05) is 36.4 Å². The van der Waals surface area contributed by atoms with Gasteiger partial charge in [-0.15, -0.1) is 0 Å². The maximum atomic E-state index is 8.98. The van der Waals surface area contributed by atoms with Gasteiger partial charge in [-0.05, 0) is 38.1 Å². The fourth-order valence-corrected chi connectivity index (χ4v) is 2.19. The van der Waals surface area contributed by atoms with Crippen LogP contribution in [0.25, 0.3) is 10.8 Å². The molecule has 0 bridgehead atoms. The van der Waals surface area contributed by atoms with Crippen molar-refractivity contribution in [2.75, 3.05) is 11.9 Å². The molecule has 2 rings (SSSR count). The summed E-state index contributed by atoms with van der Waals surface area (Å²) in [7, 11) is 0. The number of nitriles is 1. The smallest absolute Gasteiger partial charge is 0.0683 e. The molecule has 0 aliphatic rings. The molecule has 0 radical (unpaired) electrons. The Morgan fingerprint density at radius 3 is 2.63 bits per heavy atom. The van der Waals surface area contributed by atoms with Gasteiger partial charge < -0.3 is 5.32 Å². The largest absolute Gasteiger partial charge is 0.385 e. The third kappa shape index (κ3) is 3.48. The van der Waals surface area contributed by atoms with Crippen molar-refractivity contribution in [1.82, 2.24) is 0 Å². The molecule has 2 heteroatoms. The molecule has 0 amide bonds. The number of benzene rings is 2. The van der Waals surface area contributed by atoms with Crippen molar-refractivity contribution >= 4 is 16.5 Å². The summed E-state index contributed by atoms with van der Waals surface area (Å²) in [5.41, 5.74) is 0.952. The van der Waals surface area contributed by atoms with Crippen LogP contribution in [0.15, 0.2) is 42.5 Å². The molecule has 0 heterocycles. The Bertz CT molecular complexity index is 588. The van der Waals surface area contributed by atoms with Gasteiger partial charge in [0.2, 0.25) is 0 Å². The topological polar surface area (TPSA) is 35.8 Å². The van der Waals surface area contributed by atoms with Crippen LogP contribution in [0.2, 0.25) is 0 Å². The average molecular weight is 252 g/mol. The van der Waals surface area contributed by atoms with E-state index in [0.29, 0.717) is 0 Å². The summed E-state index contributed by atoms with van der Waals surface area (Å²) in [5, 5.41) is 15.0. The Labute approximate surface area is 115 Å². The lowest BCUT2D eigenvalue weighted by molar-refractivity contribution is 0.441. The molecular weight excluding hydrogens is 232 g/mol. The molecule has 0 fully saturated rings. The van der Waals surface area contributed by atoms with E-state index in [4.69, 9.17) is 5.26 Å². The van der Waals surface area contributed by atoms with Crippen LogP contribution in [0.4, 0.5) is 5.69 Å². The molecule has 0 unspecified atom stereocenters. The lowest BCUT2D eigenvalue weighted by Crippen LogP contribution is -2.11. The maximum Gasteiger partial charge on any atom is 0.0683 e. The number of fused-ring (bicyclic) bond motifs is 1. The van der Waals surface area contributed by atoms with Gasteiger partial charge in [0.1, 0.15) is 0 Å². The predicted molar refractivity (Wildman–Crippen MR) is 81.1 cm³/mol. The number of anilines is 1. The molecule has 2 nitrogen and oxygen atoms in total. The first-order valence-corrected chi connectivity index (χ1v) is 6.75. The van der Waals surface area contributed by atoms with E-state index in [-0.39, 0.29) is 5.41 Å². The third-order valence-corrected chi connectivity index (χ3v) is 3.39. The van der Waals surface area contributed by atoms with E-state index in [1.54, 1.807) is 0 Å². The summed E-state index contributed by atoms with van der Waals surface area (Å²) >= 11 is 0. The summed E-state index contributed by atoms with van der Waals surface area (Å²) in [6.07, 6.45) is 1.92. The molecule has 19 heavy (non-hydrogen) atoms. The molecule has 0 aliphatic carbocycles. The van der Waals surface area contributed by atoms with Crippen LogP contribution in [0.5, 0.6) is 0 Å². The second-order valence-electron chi connectivity index (χ2n) is 5.55. The van der Waals surface area contributed by atoms with Crippen molar-refractivity contribution in [3.8, 4) is 6.07 Å². The van der Waals surface area contributed by atoms with E-state index in [2.05, 4.69) is 53.9 Å². The number of rotatable bonds is 5. The van der Waals surface area contributed by atoms with E-state index < -0.39 is 0 Å². The lowest BCUT2D eigenvalue weighted by Gasteiger charge is -2.15. The Balaban J connectivity index is 1.98. The Hall–Kier alpha value is -2.01. The zero-order valence-corrected chi connectivity index (χ0v) is 11.6. The summed E-state index contributed by atoms with van der Waals surface area (Å²) in [4.78, 5) is 0. The number of hydrogen-bond donors (Lipinski definition) is 1. The van der Waals surface area contributed by atoms with Crippen LogP contribution in [0.3, 0.4) is 0 Å². The van der Waals surface area contributed by atoms with E-state index >= 15 is 0 Å². The number of nitrogens with one attached hydrogen (secondary N) is 1. The molecule has 2 aromatic carbocycles. The van der Waals surface area contributed by atoms with E-state index in [1.165, 1.54) is 16.5 Å². The van der Waals surface area contributed by atoms with Crippen LogP contribution in [-0.4, -0.2) is 6.54 Å². The predicted octanol–water partition coefficient (Wildman–Crippen LogP) is 4.58. The third-order valence-electron chi connectivity index (χ3n) is 3.39. The van der Waals surface area contributed by atoms with Crippen molar-refractivity contribution in [3.05, 3.63) is 42.5 Å². The van der Waals surface area contributed by atoms with Crippen LogP contribution in [-0.2, 0) is 0 Å². The highest BCUT2D eigenvalue weighted by Crippen LogP contribution is 2.24. The zero-order valence-electron chi connectivity index (χ0n) is 11.6. The van der Waals surface area contributed by atoms with Gasteiger partial charge in [-0.2, -0.15) is 5.26 Å². The van der Waals surface area contributed by atoms with E-state index in [1.807, 2.05) is 13.8 Å². The molecular formula is C17H20N2. The number of nitrogens with zero attached hydrogens (tertiary/aromatic N) is 1. The normalized spacial score (nSPS) is 11.2. The summed E-state index contributed by atoms with van der Waals surface area (Å²) < 4.78 is 0. The standard InChI is InChI=1S/C17H20N2/c1-17(2,13-18)11-6-12-19-16-10-5-8-14-7-3-4-9-15(14)16/h3-5,7-10,19H,6,11-12H2,1-2H3. The molecule has 1 N–H and O–H groups in total. The van der Waals surface area contributed by atoms with Crippen LogP contribution < -0.4 is 5.32 Å². The maximum absolute atomic E-state index is 8.98. The summed E-state index contributed by atoms with van der Waals surface area (Å²) in [5.74, 6) is 0. The van der Waals surface area contributed by atoms with Gasteiger partial charge in [0, 0.05) is 17.6 Å². The molecule has 98 valence electrons. The first kappa shape index (κ1) is 13.4. The van der Waals surface area contributed by atoms with Gasteiger partial charge in [0.25, 0.3) is 0 Å². The first-order chi connectivity index (χ1) is 9.12. The van der Waals surface area contributed by atoms with Gasteiger partial charge in [0.05, 0.1) is 11.5 Å². The average Bonchev–Trinajstić information content (AvgIpc) is 2.44. The second-order valence-corrected chi connectivity index (χ2v) is 5.55. The van der Waals surface area contributed by atoms with Gasteiger partial charge in [0.15, 0.2) is 0 Å². The van der Waals surface area contributed by atoms with Crippen molar-refractivity contribution in [2.24, 2.45) is 5.41 Å². The van der Waals surface area contributed by atoms with E-state index in [9.17, 15) is 0 Å². The van der Waals surface area contributed by atoms with Crippen LogP contribution >= 0.6 is 0 Å². The van der Waals surface area contributed by atoms with E-state index in [0.717, 1.165) is 19.4 Å². The highest BCUT2D eigenvalue weighted by molar-refractivity contribution is 5.93. The molecule has 0 spiro atoms.